The van der Waals surface area contributed by atoms with Crippen LogP contribution in [0, 0.1) is 18.8 Å². The normalized spacial score (nSPS) is 18.1. The molecule has 1 fully saturated rings. The number of aromatic nitrogens is 2. The van der Waals surface area contributed by atoms with Gasteiger partial charge in [-0.15, -0.1) is 0 Å². The maximum Gasteiger partial charge on any atom is 0.418 e. The zero-order chi connectivity index (χ0) is 29.9. The molecular weight excluding hydrogens is 527 g/mol. The molecule has 0 spiro atoms. The van der Waals surface area contributed by atoms with Crippen LogP contribution in [0.5, 0.6) is 0 Å². The lowest BCUT2D eigenvalue weighted by Gasteiger charge is -2.31. The Morgan fingerprint density at radius 3 is 2.66 bits per heavy atom. The minimum absolute atomic E-state index is 0.0896. The number of nitrogens with zero attached hydrogens (tertiary/aromatic N) is 5. The van der Waals surface area contributed by atoms with Crippen LogP contribution in [0.15, 0.2) is 64.8 Å². The van der Waals surface area contributed by atoms with Crippen molar-refractivity contribution in [2.45, 2.75) is 58.7 Å². The highest BCUT2D eigenvalue weighted by Gasteiger charge is 2.35. The van der Waals surface area contributed by atoms with Gasteiger partial charge in [0.15, 0.2) is 0 Å². The molecule has 4 rings (SSSR count). The van der Waals surface area contributed by atoms with Gasteiger partial charge in [0.2, 0.25) is 0 Å². The van der Waals surface area contributed by atoms with Crippen molar-refractivity contribution in [2.75, 3.05) is 20.1 Å². The number of likely N-dealkylation sites (tertiary alicyclic amines) is 1. The van der Waals surface area contributed by atoms with E-state index >= 15 is 0 Å². The number of halogens is 3. The number of piperidine rings is 1. The predicted octanol–water partition coefficient (Wildman–Crippen LogP) is 6.56. The summed E-state index contributed by atoms with van der Waals surface area (Å²) in [6.45, 7) is 16.3. The average Bonchev–Trinajstić information content (AvgIpc) is 3.25. The van der Waals surface area contributed by atoms with Crippen molar-refractivity contribution in [3.63, 3.8) is 0 Å². The van der Waals surface area contributed by atoms with E-state index in [1.54, 1.807) is 18.6 Å². The minimum atomic E-state index is -4.60. The maximum atomic E-state index is 14.3. The number of hydrogen-bond donors (Lipinski definition) is 0. The molecule has 0 aliphatic carbocycles. The van der Waals surface area contributed by atoms with Gasteiger partial charge in [-0.3, -0.25) is 13.9 Å². The summed E-state index contributed by atoms with van der Waals surface area (Å²) in [5.41, 5.74) is 1.20. The fraction of sp³-hybridized carbons (Fsp3) is 0.438. The van der Waals surface area contributed by atoms with Crippen LogP contribution in [0.25, 0.3) is 11.2 Å². The van der Waals surface area contributed by atoms with Gasteiger partial charge in [0.05, 0.1) is 23.8 Å². The summed E-state index contributed by atoms with van der Waals surface area (Å²) in [6, 6.07) is 8.58. The minimum Gasteiger partial charge on any atom is -0.299 e. The summed E-state index contributed by atoms with van der Waals surface area (Å²) < 4.78 is 47.0. The molecule has 1 saturated heterocycles. The van der Waals surface area contributed by atoms with E-state index in [1.807, 2.05) is 29.8 Å². The Morgan fingerprint density at radius 2 is 2.00 bits per heavy atom. The van der Waals surface area contributed by atoms with Gasteiger partial charge < -0.3 is 0 Å². The molecule has 0 saturated carbocycles. The van der Waals surface area contributed by atoms with Gasteiger partial charge in [-0.2, -0.15) is 13.2 Å². The van der Waals surface area contributed by atoms with Crippen molar-refractivity contribution in [1.29, 1.82) is 0 Å². The number of hydrogen-bond acceptors (Lipinski definition) is 2. The average molecular weight is 568 g/mol. The summed E-state index contributed by atoms with van der Waals surface area (Å²) in [4.78, 5) is 19.9. The lowest BCUT2D eigenvalue weighted by atomic mass is 9.87. The number of aliphatic imine (C=N–C) groups is 1. The maximum absolute atomic E-state index is 14.3. The molecule has 41 heavy (non-hydrogen) atoms. The van der Waals surface area contributed by atoms with Crippen LogP contribution in [0.1, 0.15) is 62.6 Å². The molecule has 2 atom stereocenters. The van der Waals surface area contributed by atoms with Gasteiger partial charge in [-0.05, 0) is 67.0 Å². The molecule has 2 aromatic heterocycles. The largest absolute Gasteiger partial charge is 0.418 e. The summed E-state index contributed by atoms with van der Waals surface area (Å²) in [5, 5.41) is 0. The third-order valence-electron chi connectivity index (χ3n) is 7.73. The van der Waals surface area contributed by atoms with Gasteiger partial charge in [0, 0.05) is 38.3 Å². The van der Waals surface area contributed by atoms with E-state index in [2.05, 4.69) is 44.2 Å². The second kappa shape index (κ2) is 12.6. The molecule has 3 heterocycles. The van der Waals surface area contributed by atoms with Crippen molar-refractivity contribution in [2.24, 2.45) is 16.8 Å². The van der Waals surface area contributed by atoms with Gasteiger partial charge in [-0.1, -0.05) is 44.5 Å². The predicted molar refractivity (Wildman–Crippen MR) is 159 cm³/mol. The number of likely N-dealkylation sites (N-methyl/N-ethyl adjacent to an activating group) is 1. The van der Waals surface area contributed by atoms with Gasteiger partial charge in [0.25, 0.3) is 6.34 Å². The molecule has 1 aliphatic rings. The van der Waals surface area contributed by atoms with E-state index in [-0.39, 0.29) is 11.4 Å². The Hall–Kier alpha value is -3.46. The van der Waals surface area contributed by atoms with E-state index in [9.17, 15) is 18.0 Å². The van der Waals surface area contributed by atoms with Crippen molar-refractivity contribution in [3.8, 4) is 5.69 Å². The van der Waals surface area contributed by atoms with Crippen LogP contribution in [-0.4, -0.2) is 51.1 Å². The monoisotopic (exact) mass is 567 g/mol. The number of rotatable bonds is 9. The van der Waals surface area contributed by atoms with Crippen molar-refractivity contribution < 1.29 is 17.7 Å². The van der Waals surface area contributed by atoms with E-state index < -0.39 is 17.4 Å². The summed E-state index contributed by atoms with van der Waals surface area (Å²) >= 11 is 0. The fourth-order valence-corrected chi connectivity index (χ4v) is 5.73. The third-order valence-corrected chi connectivity index (χ3v) is 7.73. The van der Waals surface area contributed by atoms with Crippen molar-refractivity contribution >= 4 is 18.1 Å². The molecule has 0 unspecified atom stereocenters. The quantitative estimate of drug-likeness (QED) is 0.167. The lowest BCUT2D eigenvalue weighted by molar-refractivity contribution is -0.444. The molecule has 0 N–H and O–H groups in total. The molecule has 9 heteroatoms. The van der Waals surface area contributed by atoms with E-state index in [0.29, 0.717) is 29.6 Å². The highest BCUT2D eigenvalue weighted by molar-refractivity contribution is 5.72. The highest BCUT2D eigenvalue weighted by Crippen LogP contribution is 2.35. The Labute approximate surface area is 240 Å². The molecule has 0 amide bonds. The Bertz CT molecular complexity index is 1510. The first-order valence-corrected chi connectivity index (χ1v) is 14.1. The highest BCUT2D eigenvalue weighted by atomic mass is 19.4. The number of alkyl halides is 3. The van der Waals surface area contributed by atoms with E-state index in [0.717, 1.165) is 48.0 Å². The first-order chi connectivity index (χ1) is 19.4. The smallest absolute Gasteiger partial charge is 0.299 e. The molecule has 3 aromatic rings. The van der Waals surface area contributed by atoms with Gasteiger partial charge >= 0.3 is 11.9 Å². The van der Waals surface area contributed by atoms with Crippen molar-refractivity contribution in [3.05, 3.63) is 89.1 Å². The van der Waals surface area contributed by atoms with E-state index in [1.165, 1.54) is 23.0 Å². The van der Waals surface area contributed by atoms with Crippen LogP contribution in [0.3, 0.4) is 0 Å². The third kappa shape index (κ3) is 7.07. The Morgan fingerprint density at radius 1 is 1.24 bits per heavy atom. The van der Waals surface area contributed by atoms with Gasteiger partial charge in [0.1, 0.15) is 11.9 Å². The van der Waals surface area contributed by atoms with Gasteiger partial charge in [-0.25, -0.2) is 9.37 Å². The Balaban J connectivity index is 1.79. The fourth-order valence-electron chi connectivity index (χ4n) is 5.73. The van der Waals surface area contributed by atoms with Crippen LogP contribution < -0.4 is 5.69 Å². The first-order valence-electron chi connectivity index (χ1n) is 14.1. The van der Waals surface area contributed by atoms with Crippen LogP contribution in [0.4, 0.5) is 13.2 Å². The van der Waals surface area contributed by atoms with Crippen LogP contribution >= 0.6 is 0 Å². The number of benzene rings is 1. The Kier molecular flexibility index (Phi) is 9.37. The molecular formula is C32H40F3N5O+. The number of pyridine rings is 1. The molecule has 1 radical (unpaired) electrons. The zero-order valence-electron chi connectivity index (χ0n) is 24.4. The zero-order valence-corrected chi connectivity index (χ0v) is 24.4. The summed E-state index contributed by atoms with van der Waals surface area (Å²) in [6.07, 6.45) is 4.26. The number of fused-ring (bicyclic) bond motifs is 1. The molecule has 0 bridgehead atoms. The van der Waals surface area contributed by atoms with Crippen LogP contribution in [-0.2, 0) is 12.7 Å². The molecule has 1 aromatic carbocycles. The summed E-state index contributed by atoms with van der Waals surface area (Å²) in [5.74, 6) is 0.754. The standard InChI is InChI=1S/C32H40F3N5O/c1-7-36-21-37(6)24(5)28(14-22(2)3)26-11-8-12-27(16-26)39-20-30-29(32(33,34)35)15-25(19-40(30)31(39)41)18-38-13-9-10-23(4)17-38/h7-8,11-12,15-16,19-23,28H,1,5,9-10,13-14,17-18H2,2-4,6H3/q+1/t23-,28+/m0/s1. The van der Waals surface area contributed by atoms with E-state index in [4.69, 9.17) is 0 Å². The van der Waals surface area contributed by atoms with Crippen LogP contribution in [0.2, 0.25) is 0 Å². The number of imidazole rings is 1. The van der Waals surface area contributed by atoms with Crippen molar-refractivity contribution in [1.82, 2.24) is 13.9 Å². The molecule has 6 nitrogen and oxygen atoms in total. The summed E-state index contributed by atoms with van der Waals surface area (Å²) in [7, 11) is 1.86. The molecule has 1 aliphatic heterocycles. The topological polar surface area (TPSA) is 45.0 Å². The lowest BCUT2D eigenvalue weighted by Crippen LogP contribution is -2.34. The molecule has 219 valence electrons. The second-order valence-electron chi connectivity index (χ2n) is 11.6. The second-order valence-corrected chi connectivity index (χ2v) is 11.6. The number of allylic oxidation sites excluding steroid dienone is 1. The first kappa shape index (κ1) is 30.5. The SMILES string of the molecule is [CH2]C=NC=[N+](C)C(=C)[C@@H](CC(C)C)c1cccc(-n2cc3c(C(F)(F)F)cc(CN4CCC[C@H](C)C4)cn3c2=O)c1.